The zero-order chi connectivity index (χ0) is 10.4. The molecule has 1 atom stereocenters. The lowest BCUT2D eigenvalue weighted by Gasteiger charge is -2.15. The van der Waals surface area contributed by atoms with Gasteiger partial charge in [-0.3, -0.25) is 11.3 Å². The summed E-state index contributed by atoms with van der Waals surface area (Å²) < 4.78 is 5.10. The van der Waals surface area contributed by atoms with Crippen molar-refractivity contribution in [1.29, 1.82) is 0 Å². The van der Waals surface area contributed by atoms with E-state index < -0.39 is 0 Å². The van der Waals surface area contributed by atoms with Crippen LogP contribution in [-0.4, -0.2) is 12.1 Å². The van der Waals surface area contributed by atoms with Gasteiger partial charge in [-0.25, -0.2) is 4.98 Å². The maximum atomic E-state index is 5.39. The fraction of sp³-hybridized carbons (Fsp3) is 0.300. The molecule has 4 heteroatoms. The number of rotatable bonds is 4. The second kappa shape index (κ2) is 5.22. The van der Waals surface area contributed by atoms with E-state index in [0.717, 1.165) is 5.56 Å². The molecule has 0 saturated carbocycles. The van der Waals surface area contributed by atoms with Crippen LogP contribution in [0.4, 0.5) is 0 Å². The Morgan fingerprint density at radius 1 is 1.79 bits per heavy atom. The molecule has 0 fully saturated rings. The summed E-state index contributed by atoms with van der Waals surface area (Å²) in [5.41, 5.74) is 3.50. The minimum atomic E-state index is -0.122. The van der Waals surface area contributed by atoms with Gasteiger partial charge in [0.2, 0.25) is 5.88 Å². The average molecular weight is 191 g/mol. The van der Waals surface area contributed by atoms with Crippen LogP contribution in [0.1, 0.15) is 18.0 Å². The molecule has 0 amide bonds. The SMILES string of the molecule is C#CCC(NN)c1cccnc1OC. The monoisotopic (exact) mass is 191 g/mol. The molecular formula is C10H13N3O. The van der Waals surface area contributed by atoms with E-state index in [0.29, 0.717) is 12.3 Å². The Kier molecular flexibility index (Phi) is 3.92. The molecule has 0 aliphatic heterocycles. The van der Waals surface area contributed by atoms with Crippen molar-refractivity contribution in [3.63, 3.8) is 0 Å². The molecule has 4 nitrogen and oxygen atoms in total. The van der Waals surface area contributed by atoms with Crippen LogP contribution in [0.3, 0.4) is 0 Å². The Bertz CT molecular complexity index is 332. The lowest BCUT2D eigenvalue weighted by molar-refractivity contribution is 0.383. The second-order valence-electron chi connectivity index (χ2n) is 2.73. The Balaban J connectivity index is 2.97. The van der Waals surface area contributed by atoms with Crippen LogP contribution in [-0.2, 0) is 0 Å². The van der Waals surface area contributed by atoms with Gasteiger partial charge in [-0.1, -0.05) is 6.07 Å². The smallest absolute Gasteiger partial charge is 0.217 e. The van der Waals surface area contributed by atoms with Gasteiger partial charge in [0.1, 0.15) is 0 Å². The molecule has 0 spiro atoms. The Morgan fingerprint density at radius 2 is 2.57 bits per heavy atom. The van der Waals surface area contributed by atoms with E-state index >= 15 is 0 Å². The first-order valence-electron chi connectivity index (χ1n) is 4.22. The summed E-state index contributed by atoms with van der Waals surface area (Å²) in [4.78, 5) is 4.06. The van der Waals surface area contributed by atoms with Crippen molar-refractivity contribution in [2.45, 2.75) is 12.5 Å². The number of nitrogens with two attached hydrogens (primary N) is 1. The molecule has 0 aromatic carbocycles. The molecule has 14 heavy (non-hydrogen) atoms. The van der Waals surface area contributed by atoms with Crippen molar-refractivity contribution in [3.8, 4) is 18.2 Å². The highest BCUT2D eigenvalue weighted by molar-refractivity contribution is 5.29. The van der Waals surface area contributed by atoms with Crippen molar-refractivity contribution in [2.24, 2.45) is 5.84 Å². The quantitative estimate of drug-likeness (QED) is 0.416. The number of pyridine rings is 1. The summed E-state index contributed by atoms with van der Waals surface area (Å²) in [7, 11) is 1.56. The third-order valence-corrected chi connectivity index (χ3v) is 1.89. The van der Waals surface area contributed by atoms with Crippen molar-refractivity contribution >= 4 is 0 Å². The van der Waals surface area contributed by atoms with Crippen LogP contribution < -0.4 is 16.0 Å². The van der Waals surface area contributed by atoms with Crippen LogP contribution in [0.25, 0.3) is 0 Å². The minimum Gasteiger partial charge on any atom is -0.481 e. The molecule has 0 aliphatic rings. The third kappa shape index (κ3) is 2.22. The van der Waals surface area contributed by atoms with E-state index in [9.17, 15) is 0 Å². The van der Waals surface area contributed by atoms with Gasteiger partial charge in [0.05, 0.1) is 13.2 Å². The summed E-state index contributed by atoms with van der Waals surface area (Å²) in [5, 5.41) is 0. The van der Waals surface area contributed by atoms with Gasteiger partial charge in [0.15, 0.2) is 0 Å². The highest BCUT2D eigenvalue weighted by Gasteiger charge is 2.13. The minimum absolute atomic E-state index is 0.122. The Labute approximate surface area is 83.4 Å². The summed E-state index contributed by atoms with van der Waals surface area (Å²) in [5.74, 6) is 8.48. The van der Waals surface area contributed by atoms with Gasteiger partial charge in [0, 0.05) is 18.2 Å². The highest BCUT2D eigenvalue weighted by Crippen LogP contribution is 2.23. The lowest BCUT2D eigenvalue weighted by atomic mass is 10.1. The molecule has 74 valence electrons. The number of nitrogens with zero attached hydrogens (tertiary/aromatic N) is 1. The maximum Gasteiger partial charge on any atom is 0.217 e. The molecule has 0 bridgehead atoms. The van der Waals surface area contributed by atoms with E-state index in [1.165, 1.54) is 0 Å². The van der Waals surface area contributed by atoms with Crippen molar-refractivity contribution < 1.29 is 4.74 Å². The molecule has 0 aliphatic carbocycles. The van der Waals surface area contributed by atoms with Gasteiger partial charge in [-0.05, 0) is 6.07 Å². The molecule has 3 N–H and O–H groups in total. The number of ether oxygens (including phenoxy) is 1. The van der Waals surface area contributed by atoms with Crippen LogP contribution >= 0.6 is 0 Å². The average Bonchev–Trinajstić information content (AvgIpc) is 2.26. The number of hydrogen-bond donors (Lipinski definition) is 2. The number of terminal acetylenes is 1. The first-order chi connectivity index (χ1) is 6.83. The zero-order valence-electron chi connectivity index (χ0n) is 8.03. The van der Waals surface area contributed by atoms with E-state index in [1.54, 1.807) is 13.3 Å². The number of nitrogens with one attached hydrogen (secondary N) is 1. The van der Waals surface area contributed by atoms with E-state index in [1.807, 2.05) is 12.1 Å². The predicted molar refractivity (Wildman–Crippen MR) is 54.3 cm³/mol. The number of aromatic nitrogens is 1. The molecule has 1 rings (SSSR count). The maximum absolute atomic E-state index is 5.39. The van der Waals surface area contributed by atoms with Crippen LogP contribution in [0.5, 0.6) is 5.88 Å². The van der Waals surface area contributed by atoms with Crippen molar-refractivity contribution in [1.82, 2.24) is 10.4 Å². The van der Waals surface area contributed by atoms with Crippen LogP contribution in [0.2, 0.25) is 0 Å². The fourth-order valence-corrected chi connectivity index (χ4v) is 1.22. The molecule has 0 radical (unpaired) electrons. The molecule has 1 aromatic heterocycles. The zero-order valence-corrected chi connectivity index (χ0v) is 8.03. The second-order valence-corrected chi connectivity index (χ2v) is 2.73. The van der Waals surface area contributed by atoms with Gasteiger partial charge < -0.3 is 4.74 Å². The van der Waals surface area contributed by atoms with E-state index in [2.05, 4.69) is 16.3 Å². The standard InChI is InChI=1S/C10H13N3O/c1-3-5-9(13-11)8-6-4-7-12-10(8)14-2/h1,4,6-7,9,13H,5,11H2,2H3. The molecule has 1 heterocycles. The van der Waals surface area contributed by atoms with Crippen molar-refractivity contribution in [3.05, 3.63) is 23.9 Å². The van der Waals surface area contributed by atoms with E-state index in [-0.39, 0.29) is 6.04 Å². The fourth-order valence-electron chi connectivity index (χ4n) is 1.22. The topological polar surface area (TPSA) is 60.2 Å². The van der Waals surface area contributed by atoms with Crippen LogP contribution in [0, 0.1) is 12.3 Å². The number of hydrogen-bond acceptors (Lipinski definition) is 4. The normalized spacial score (nSPS) is 11.8. The summed E-state index contributed by atoms with van der Waals surface area (Å²) >= 11 is 0. The molecule has 0 saturated heterocycles. The number of methoxy groups -OCH3 is 1. The first kappa shape index (κ1) is 10.5. The third-order valence-electron chi connectivity index (χ3n) is 1.89. The summed E-state index contributed by atoms with van der Waals surface area (Å²) in [6.07, 6.45) is 7.38. The summed E-state index contributed by atoms with van der Waals surface area (Å²) in [6, 6.07) is 3.58. The first-order valence-corrected chi connectivity index (χ1v) is 4.22. The van der Waals surface area contributed by atoms with Gasteiger partial charge in [0.25, 0.3) is 0 Å². The molecule has 1 unspecified atom stereocenters. The van der Waals surface area contributed by atoms with Gasteiger partial charge in [-0.2, -0.15) is 0 Å². The number of hydrazine groups is 1. The Hall–Kier alpha value is -1.57. The molecular weight excluding hydrogens is 178 g/mol. The van der Waals surface area contributed by atoms with Crippen LogP contribution in [0.15, 0.2) is 18.3 Å². The molecule has 1 aromatic rings. The van der Waals surface area contributed by atoms with E-state index in [4.69, 9.17) is 17.0 Å². The van der Waals surface area contributed by atoms with Gasteiger partial charge >= 0.3 is 0 Å². The largest absolute Gasteiger partial charge is 0.481 e. The predicted octanol–water partition coefficient (Wildman–Crippen LogP) is 0.618. The lowest BCUT2D eigenvalue weighted by Crippen LogP contribution is -2.28. The highest BCUT2D eigenvalue weighted by atomic mass is 16.5. The summed E-state index contributed by atoms with van der Waals surface area (Å²) in [6.45, 7) is 0. The van der Waals surface area contributed by atoms with Gasteiger partial charge in [-0.15, -0.1) is 12.3 Å². The van der Waals surface area contributed by atoms with Crippen molar-refractivity contribution in [2.75, 3.05) is 7.11 Å². The Morgan fingerprint density at radius 3 is 3.14 bits per heavy atom.